The number of rotatable bonds is 8. The Morgan fingerprint density at radius 1 is 1.10 bits per heavy atom. The molecule has 0 spiro atoms. The summed E-state index contributed by atoms with van der Waals surface area (Å²) in [4.78, 5) is 50.6. The van der Waals surface area contributed by atoms with Crippen molar-refractivity contribution in [3.05, 3.63) is 59.0 Å². The second kappa shape index (κ2) is 10.1. The maximum absolute atomic E-state index is 12.6. The van der Waals surface area contributed by atoms with Crippen molar-refractivity contribution in [2.75, 3.05) is 31.7 Å². The summed E-state index contributed by atoms with van der Waals surface area (Å²) in [6.45, 7) is 5.89. The molecule has 0 saturated carbocycles. The van der Waals surface area contributed by atoms with Crippen LogP contribution in [0.5, 0.6) is 5.75 Å². The lowest BCUT2D eigenvalue weighted by Crippen LogP contribution is -2.36. The maximum Gasteiger partial charge on any atom is 0.317 e. The van der Waals surface area contributed by atoms with Crippen molar-refractivity contribution in [1.82, 2.24) is 25.2 Å². The number of hydrazine groups is 1. The van der Waals surface area contributed by atoms with E-state index < -0.39 is 11.8 Å². The second-order valence-corrected chi connectivity index (χ2v) is 11.1. The van der Waals surface area contributed by atoms with Gasteiger partial charge in [0.1, 0.15) is 17.2 Å². The van der Waals surface area contributed by atoms with E-state index in [1.165, 1.54) is 28.7 Å². The Kier molecular flexibility index (Phi) is 6.49. The molecule has 0 radical (unpaired) electrons. The first-order chi connectivity index (χ1) is 18.9. The maximum atomic E-state index is 12.6. The number of carbonyl (C=O) groups excluding carboxylic acids is 3. The van der Waals surface area contributed by atoms with Gasteiger partial charge in [0.15, 0.2) is 11.6 Å². The number of benzene rings is 1. The Bertz CT molecular complexity index is 1630. The van der Waals surface area contributed by atoms with Crippen LogP contribution < -0.4 is 15.5 Å². The van der Waals surface area contributed by atoms with E-state index in [0.29, 0.717) is 49.2 Å². The van der Waals surface area contributed by atoms with Gasteiger partial charge in [-0.15, -0.1) is 22.7 Å². The lowest BCUT2D eigenvalue weighted by molar-refractivity contribution is -0.135. The zero-order valence-electron chi connectivity index (χ0n) is 21.2. The largest absolute Gasteiger partial charge is 0.492 e. The number of thiophene rings is 2. The third-order valence-corrected chi connectivity index (χ3v) is 8.64. The highest BCUT2D eigenvalue weighted by Crippen LogP contribution is 2.42. The van der Waals surface area contributed by atoms with Crippen LogP contribution in [0.1, 0.15) is 12.5 Å². The molecule has 0 aliphatic carbocycles. The third kappa shape index (κ3) is 4.72. The lowest BCUT2D eigenvalue weighted by Gasteiger charge is -2.17. The fourth-order valence-electron chi connectivity index (χ4n) is 4.51. The molecule has 0 atom stereocenters. The van der Waals surface area contributed by atoms with Crippen LogP contribution in [0.15, 0.2) is 53.4 Å². The van der Waals surface area contributed by atoms with Gasteiger partial charge in [-0.05, 0) is 60.7 Å². The molecule has 12 heteroatoms. The molecule has 198 valence electrons. The van der Waals surface area contributed by atoms with Gasteiger partial charge in [0, 0.05) is 29.6 Å². The van der Waals surface area contributed by atoms with Crippen molar-refractivity contribution in [2.24, 2.45) is 0 Å². The number of fused-ring (bicyclic) bond motifs is 1. The van der Waals surface area contributed by atoms with Gasteiger partial charge in [-0.1, -0.05) is 6.07 Å². The minimum atomic E-state index is -0.434. The van der Waals surface area contributed by atoms with Gasteiger partial charge in [-0.3, -0.25) is 15.0 Å². The topological polar surface area (TPSA) is 117 Å². The second-order valence-electron chi connectivity index (χ2n) is 9.12. The number of anilines is 1. The number of nitrogens with zero attached hydrogens (tertiary/aromatic N) is 4. The zero-order valence-corrected chi connectivity index (χ0v) is 22.8. The molecule has 5 heterocycles. The lowest BCUT2D eigenvalue weighted by atomic mass is 10.1. The molecule has 2 aliphatic rings. The first-order valence-electron chi connectivity index (χ1n) is 12.3. The summed E-state index contributed by atoms with van der Waals surface area (Å²) in [6.07, 6.45) is 1.31. The molecule has 1 fully saturated rings. The summed E-state index contributed by atoms with van der Waals surface area (Å²) in [6, 6.07) is 11.6. The number of aryl methyl sites for hydroxylation is 1. The molecule has 4 amide bonds. The summed E-state index contributed by atoms with van der Waals surface area (Å²) >= 11 is 3.04. The average molecular weight is 561 g/mol. The Labute approximate surface area is 231 Å². The van der Waals surface area contributed by atoms with E-state index in [4.69, 9.17) is 14.7 Å². The standard InChI is InChI=1S/C27H24N6O4S2/c1-15-14-20(34)33(26(15)35)31-24-21-16(2)22(39-25(21)30-23(29-24)19-4-3-13-38-19)17-5-7-18(8-6-17)37-12-11-32-10-9-28-27(32)36/h3-8,13-14H,9-12H2,1-2H3,(H,28,36)(H,29,30,31). The van der Waals surface area contributed by atoms with Crippen molar-refractivity contribution >= 4 is 56.6 Å². The van der Waals surface area contributed by atoms with Crippen molar-refractivity contribution < 1.29 is 19.1 Å². The summed E-state index contributed by atoms with van der Waals surface area (Å²) in [5, 5.41) is 6.48. The fourth-order valence-corrected chi connectivity index (χ4v) is 6.36. The number of hydrogen-bond donors (Lipinski definition) is 2. The molecule has 1 aromatic carbocycles. The van der Waals surface area contributed by atoms with Crippen molar-refractivity contribution in [2.45, 2.75) is 13.8 Å². The Morgan fingerprint density at radius 3 is 2.59 bits per heavy atom. The average Bonchev–Trinajstić information content (AvgIpc) is 3.71. The highest BCUT2D eigenvalue weighted by molar-refractivity contribution is 7.22. The van der Waals surface area contributed by atoms with E-state index >= 15 is 0 Å². The van der Waals surface area contributed by atoms with E-state index in [1.807, 2.05) is 48.7 Å². The van der Waals surface area contributed by atoms with Crippen molar-refractivity contribution in [3.8, 4) is 26.9 Å². The van der Waals surface area contributed by atoms with Gasteiger partial charge in [0.25, 0.3) is 11.8 Å². The van der Waals surface area contributed by atoms with Gasteiger partial charge in [-0.2, -0.15) is 5.01 Å². The van der Waals surface area contributed by atoms with Crippen LogP contribution in [0.4, 0.5) is 10.6 Å². The van der Waals surface area contributed by atoms with Gasteiger partial charge in [0.05, 0.1) is 16.8 Å². The van der Waals surface area contributed by atoms with Crippen LogP contribution in [0.25, 0.3) is 31.4 Å². The summed E-state index contributed by atoms with van der Waals surface area (Å²) < 4.78 is 5.85. The molecule has 6 rings (SSSR count). The minimum absolute atomic E-state index is 0.0572. The number of hydrogen-bond acceptors (Lipinski definition) is 9. The molecular weight excluding hydrogens is 536 g/mol. The quantitative estimate of drug-likeness (QED) is 0.306. The minimum Gasteiger partial charge on any atom is -0.492 e. The first-order valence-corrected chi connectivity index (χ1v) is 14.0. The van der Waals surface area contributed by atoms with Crippen LogP contribution >= 0.6 is 22.7 Å². The van der Waals surface area contributed by atoms with Crippen LogP contribution in [-0.2, 0) is 9.59 Å². The number of nitrogens with one attached hydrogen (secondary N) is 2. The molecular formula is C27H24N6O4S2. The van der Waals surface area contributed by atoms with Gasteiger partial charge in [0.2, 0.25) is 0 Å². The predicted molar refractivity (Wildman–Crippen MR) is 151 cm³/mol. The zero-order chi connectivity index (χ0) is 27.1. The number of aromatic nitrogens is 2. The molecule has 0 unspecified atom stereocenters. The van der Waals surface area contributed by atoms with E-state index in [2.05, 4.69) is 10.7 Å². The smallest absolute Gasteiger partial charge is 0.317 e. The van der Waals surface area contributed by atoms with Crippen molar-refractivity contribution in [1.29, 1.82) is 0 Å². The molecule has 1 saturated heterocycles. The Hall–Kier alpha value is -4.29. The Morgan fingerprint density at radius 2 is 1.92 bits per heavy atom. The van der Waals surface area contributed by atoms with Gasteiger partial charge < -0.3 is 15.0 Å². The van der Waals surface area contributed by atoms with Crippen LogP contribution in [0, 0.1) is 6.92 Å². The molecule has 10 nitrogen and oxygen atoms in total. The summed E-state index contributed by atoms with van der Waals surface area (Å²) in [5.41, 5.74) is 5.26. The van der Waals surface area contributed by atoms with E-state index in [1.54, 1.807) is 11.8 Å². The fraction of sp³-hybridized carbons (Fsp3) is 0.222. The molecule has 2 N–H and O–H groups in total. The molecule has 4 aromatic rings. The third-order valence-electron chi connectivity index (χ3n) is 6.54. The number of carbonyl (C=O) groups is 3. The number of imide groups is 1. The predicted octanol–water partition coefficient (Wildman–Crippen LogP) is 4.44. The van der Waals surface area contributed by atoms with Crippen LogP contribution in [-0.4, -0.2) is 64.0 Å². The Balaban J connectivity index is 1.30. The molecule has 0 bridgehead atoms. The molecule has 39 heavy (non-hydrogen) atoms. The monoisotopic (exact) mass is 560 g/mol. The molecule has 2 aliphatic heterocycles. The van der Waals surface area contributed by atoms with Crippen molar-refractivity contribution in [3.63, 3.8) is 0 Å². The van der Waals surface area contributed by atoms with E-state index in [-0.39, 0.29) is 6.03 Å². The van der Waals surface area contributed by atoms with Gasteiger partial charge in [-0.25, -0.2) is 14.8 Å². The number of urea groups is 1. The SMILES string of the molecule is CC1=CC(=O)N(Nc2nc(-c3cccs3)nc3sc(-c4ccc(OCCN5CCNC5=O)cc4)c(C)c23)C1=O. The normalized spacial score (nSPS) is 15.3. The van der Waals surface area contributed by atoms with Crippen LogP contribution in [0.2, 0.25) is 0 Å². The van der Waals surface area contributed by atoms with Gasteiger partial charge >= 0.3 is 6.03 Å². The van der Waals surface area contributed by atoms with E-state index in [0.717, 1.165) is 36.1 Å². The number of ether oxygens (including phenoxy) is 1. The van der Waals surface area contributed by atoms with E-state index in [9.17, 15) is 14.4 Å². The number of amides is 4. The highest BCUT2D eigenvalue weighted by Gasteiger charge is 2.30. The van der Waals surface area contributed by atoms with Crippen LogP contribution in [0.3, 0.4) is 0 Å². The highest BCUT2D eigenvalue weighted by atomic mass is 32.1. The molecule has 3 aromatic heterocycles. The summed E-state index contributed by atoms with van der Waals surface area (Å²) in [7, 11) is 0. The summed E-state index contributed by atoms with van der Waals surface area (Å²) in [5.74, 6) is 0.800. The first kappa shape index (κ1) is 25.0.